The van der Waals surface area contributed by atoms with E-state index in [1.54, 1.807) is 0 Å². The maximum Gasteiger partial charge on any atom is 0.426 e. The fourth-order valence-corrected chi connectivity index (χ4v) is 4.18. The predicted molar refractivity (Wildman–Crippen MR) is 130 cm³/mol. The van der Waals surface area contributed by atoms with Crippen molar-refractivity contribution in [1.29, 1.82) is 0 Å². The summed E-state index contributed by atoms with van der Waals surface area (Å²) in [5, 5.41) is -0.382. The van der Waals surface area contributed by atoms with Gasteiger partial charge in [-0.25, -0.2) is 26.3 Å². The average Bonchev–Trinajstić information content (AvgIpc) is 2.91. The number of alkyl halides is 2. The molecule has 0 bridgehead atoms. The van der Waals surface area contributed by atoms with Gasteiger partial charge in [-0.1, -0.05) is 36.4 Å². The molecule has 5 aromatic rings. The summed E-state index contributed by atoms with van der Waals surface area (Å²) in [5.41, 5.74) is -0.377. The Labute approximate surface area is 216 Å². The Morgan fingerprint density at radius 2 is 1.15 bits per heavy atom. The summed E-state index contributed by atoms with van der Waals surface area (Å²) >= 11 is 0. The lowest BCUT2D eigenvalue weighted by Gasteiger charge is -2.19. The number of rotatable bonds is 5. The minimum absolute atomic E-state index is 0.00414. The molecule has 5 aromatic carbocycles. The fourth-order valence-electron chi connectivity index (χ4n) is 4.18. The van der Waals surface area contributed by atoms with Crippen LogP contribution >= 0.6 is 0 Å². The van der Waals surface area contributed by atoms with Crippen LogP contribution in [0.4, 0.5) is 35.1 Å². The van der Waals surface area contributed by atoms with E-state index in [0.717, 1.165) is 48.5 Å². The third-order valence-electron chi connectivity index (χ3n) is 6.27. The van der Waals surface area contributed by atoms with Gasteiger partial charge in [0, 0.05) is 5.56 Å². The van der Waals surface area contributed by atoms with Gasteiger partial charge in [0.15, 0.2) is 29.1 Å². The molecule has 0 fully saturated rings. The summed E-state index contributed by atoms with van der Waals surface area (Å²) in [6.07, 6.45) is -3.85. The number of hydrogen-bond donors (Lipinski definition) is 0. The SMILES string of the molecule is Cc1ccc2cc(-c3ccc(C(F)(F)Oc4ccc(-c5cc(F)c(F)c(F)c5)cc4)cc3)c(F)c(F)c2c1F. The first kappa shape index (κ1) is 26.2. The van der Waals surface area contributed by atoms with Crippen LogP contribution in [0.25, 0.3) is 33.0 Å². The second kappa shape index (κ2) is 9.72. The Kier molecular flexibility index (Phi) is 6.54. The third-order valence-corrected chi connectivity index (χ3v) is 6.27. The summed E-state index contributed by atoms with van der Waals surface area (Å²) < 4.78 is 118. The fraction of sp³-hybridized carbons (Fsp3) is 0.0667. The molecule has 0 radical (unpaired) electrons. The monoisotopic (exact) mass is 544 g/mol. The van der Waals surface area contributed by atoms with Gasteiger partial charge in [0.05, 0.1) is 10.9 Å². The highest BCUT2D eigenvalue weighted by Crippen LogP contribution is 2.36. The van der Waals surface area contributed by atoms with Crippen molar-refractivity contribution in [2.75, 3.05) is 0 Å². The smallest absolute Gasteiger partial charge is 0.426 e. The summed E-state index contributed by atoms with van der Waals surface area (Å²) in [6.45, 7) is 1.42. The zero-order valence-electron chi connectivity index (χ0n) is 19.9. The van der Waals surface area contributed by atoms with Crippen LogP contribution in [-0.4, -0.2) is 0 Å². The molecule has 0 aliphatic carbocycles. The molecule has 0 aliphatic rings. The Balaban J connectivity index is 1.39. The largest absolute Gasteiger partial charge is 0.429 e. The van der Waals surface area contributed by atoms with Gasteiger partial charge in [-0.15, -0.1) is 0 Å². The molecule has 0 saturated carbocycles. The molecule has 0 N–H and O–H groups in total. The van der Waals surface area contributed by atoms with Crippen molar-refractivity contribution in [3.8, 4) is 28.0 Å². The zero-order valence-corrected chi connectivity index (χ0v) is 19.9. The molecule has 39 heavy (non-hydrogen) atoms. The van der Waals surface area contributed by atoms with E-state index < -0.39 is 52.0 Å². The number of hydrogen-bond acceptors (Lipinski definition) is 1. The lowest BCUT2D eigenvalue weighted by atomic mass is 9.97. The van der Waals surface area contributed by atoms with Crippen LogP contribution in [0.15, 0.2) is 78.9 Å². The van der Waals surface area contributed by atoms with Crippen LogP contribution in [-0.2, 0) is 6.11 Å². The first-order valence-corrected chi connectivity index (χ1v) is 11.5. The lowest BCUT2D eigenvalue weighted by molar-refractivity contribution is -0.185. The molecule has 0 aliphatic heterocycles. The predicted octanol–water partition coefficient (Wildman–Crippen LogP) is 9.45. The van der Waals surface area contributed by atoms with E-state index in [1.807, 2.05) is 0 Å². The van der Waals surface area contributed by atoms with Gasteiger partial charge in [-0.3, -0.25) is 0 Å². The van der Waals surface area contributed by atoms with Crippen LogP contribution in [0.5, 0.6) is 5.75 Å². The van der Waals surface area contributed by atoms with E-state index >= 15 is 0 Å². The summed E-state index contributed by atoms with van der Waals surface area (Å²) in [7, 11) is 0. The maximum absolute atomic E-state index is 14.8. The molecular weight excluding hydrogens is 528 g/mol. The van der Waals surface area contributed by atoms with Crippen molar-refractivity contribution in [1.82, 2.24) is 0 Å². The number of ether oxygens (including phenoxy) is 1. The molecule has 198 valence electrons. The molecule has 1 nitrogen and oxygen atoms in total. The van der Waals surface area contributed by atoms with Gasteiger partial charge < -0.3 is 4.74 Å². The molecule has 9 heteroatoms. The van der Waals surface area contributed by atoms with Crippen molar-refractivity contribution in [2.45, 2.75) is 13.0 Å². The topological polar surface area (TPSA) is 9.23 Å². The van der Waals surface area contributed by atoms with E-state index in [1.165, 1.54) is 37.3 Å². The van der Waals surface area contributed by atoms with Gasteiger partial charge in [0.25, 0.3) is 0 Å². The van der Waals surface area contributed by atoms with E-state index in [0.29, 0.717) is 0 Å². The van der Waals surface area contributed by atoms with Gasteiger partial charge >= 0.3 is 6.11 Å². The first-order valence-electron chi connectivity index (χ1n) is 11.5. The highest BCUT2D eigenvalue weighted by molar-refractivity contribution is 5.89. The summed E-state index contributed by atoms with van der Waals surface area (Å²) in [5.74, 6) is -8.27. The first-order chi connectivity index (χ1) is 18.5. The van der Waals surface area contributed by atoms with Crippen molar-refractivity contribution in [2.24, 2.45) is 0 Å². The van der Waals surface area contributed by atoms with E-state index in [9.17, 15) is 35.1 Å². The number of fused-ring (bicyclic) bond motifs is 1. The van der Waals surface area contributed by atoms with Gasteiger partial charge in [-0.05, 0) is 77.0 Å². The van der Waals surface area contributed by atoms with E-state index in [4.69, 9.17) is 4.74 Å². The van der Waals surface area contributed by atoms with Gasteiger partial charge in [-0.2, -0.15) is 8.78 Å². The molecule has 0 atom stereocenters. The summed E-state index contributed by atoms with van der Waals surface area (Å²) in [4.78, 5) is 0. The highest BCUT2D eigenvalue weighted by atomic mass is 19.3. The molecule has 5 rings (SSSR count). The quantitative estimate of drug-likeness (QED) is 0.158. The summed E-state index contributed by atoms with van der Waals surface area (Å²) in [6, 6.07) is 14.7. The van der Waals surface area contributed by atoms with E-state index in [-0.39, 0.29) is 39.0 Å². The van der Waals surface area contributed by atoms with Crippen molar-refractivity contribution < 1.29 is 39.9 Å². The van der Waals surface area contributed by atoms with Crippen LogP contribution in [0, 0.1) is 41.8 Å². The second-order valence-corrected chi connectivity index (χ2v) is 8.82. The standard InChI is InChI=1S/C30H16F8O/c1-15-2-3-18-12-22(27(34)29(36)25(18)26(15)33)17-4-8-20(9-5-17)30(37,38)39-21-10-6-16(7-11-21)19-13-23(31)28(35)24(32)14-19/h2-14H,1H3. The molecule has 0 unspecified atom stereocenters. The number of halogens is 8. The molecule has 0 heterocycles. The Morgan fingerprint density at radius 1 is 0.564 bits per heavy atom. The van der Waals surface area contributed by atoms with Crippen LogP contribution in [0.3, 0.4) is 0 Å². The Morgan fingerprint density at radius 3 is 1.77 bits per heavy atom. The van der Waals surface area contributed by atoms with Gasteiger partial charge in [0.1, 0.15) is 11.6 Å². The molecule has 0 saturated heterocycles. The minimum Gasteiger partial charge on any atom is -0.429 e. The molecular formula is C30H16F8O. The average molecular weight is 544 g/mol. The minimum atomic E-state index is -3.85. The van der Waals surface area contributed by atoms with E-state index in [2.05, 4.69) is 0 Å². The van der Waals surface area contributed by atoms with Crippen molar-refractivity contribution in [3.05, 3.63) is 125 Å². The Hall–Kier alpha value is -4.40. The molecule has 0 amide bonds. The lowest BCUT2D eigenvalue weighted by Crippen LogP contribution is -2.21. The van der Waals surface area contributed by atoms with Crippen molar-refractivity contribution in [3.63, 3.8) is 0 Å². The zero-order chi connectivity index (χ0) is 28.1. The number of aryl methyl sites for hydroxylation is 1. The normalized spacial score (nSPS) is 11.7. The van der Waals surface area contributed by atoms with Crippen molar-refractivity contribution >= 4 is 10.8 Å². The Bertz CT molecular complexity index is 1690. The van der Waals surface area contributed by atoms with Gasteiger partial charge in [0.2, 0.25) is 0 Å². The maximum atomic E-state index is 14.8. The second-order valence-electron chi connectivity index (χ2n) is 8.82. The molecule has 0 aromatic heterocycles. The highest BCUT2D eigenvalue weighted by Gasteiger charge is 2.34. The molecule has 0 spiro atoms. The van der Waals surface area contributed by atoms with Crippen LogP contribution in [0.2, 0.25) is 0 Å². The third kappa shape index (κ3) is 4.80. The van der Waals surface area contributed by atoms with Crippen LogP contribution in [0.1, 0.15) is 11.1 Å². The van der Waals surface area contributed by atoms with Crippen LogP contribution < -0.4 is 4.74 Å². The number of benzene rings is 5.